The maximum Gasteiger partial charge on any atom is 0.309 e. The summed E-state index contributed by atoms with van der Waals surface area (Å²) >= 11 is 0. The highest BCUT2D eigenvalue weighted by atomic mass is 16.5. The molecule has 3 fully saturated rings. The molecule has 0 aromatic carbocycles. The summed E-state index contributed by atoms with van der Waals surface area (Å²) in [6.45, 7) is 0. The lowest BCUT2D eigenvalue weighted by Gasteiger charge is -2.33. The summed E-state index contributed by atoms with van der Waals surface area (Å²) in [5, 5.41) is 0. The highest BCUT2D eigenvalue weighted by Gasteiger charge is 2.34. The molecule has 3 nitrogen and oxygen atoms in total. The molecule has 0 aromatic rings. The second kappa shape index (κ2) is 7.81. The Bertz CT molecular complexity index is 346. The van der Waals surface area contributed by atoms with Crippen molar-refractivity contribution in [3.05, 3.63) is 0 Å². The van der Waals surface area contributed by atoms with Crippen LogP contribution in [0.5, 0.6) is 0 Å². The van der Waals surface area contributed by atoms with E-state index in [9.17, 15) is 4.79 Å². The van der Waals surface area contributed by atoms with E-state index < -0.39 is 0 Å². The van der Waals surface area contributed by atoms with Crippen LogP contribution < -0.4 is 0 Å². The van der Waals surface area contributed by atoms with Gasteiger partial charge < -0.3 is 9.47 Å². The van der Waals surface area contributed by atoms with Gasteiger partial charge in [-0.2, -0.15) is 0 Å². The Hall–Kier alpha value is -0.570. The lowest BCUT2D eigenvalue weighted by Crippen LogP contribution is -2.32. The minimum atomic E-state index is 0.0886. The molecule has 0 atom stereocenters. The summed E-state index contributed by atoms with van der Waals surface area (Å²) in [6.07, 6.45) is 14.9. The highest BCUT2D eigenvalue weighted by Crippen LogP contribution is 2.41. The normalized spacial score (nSPS) is 37.1. The fourth-order valence-electron chi connectivity index (χ4n) is 4.90. The lowest BCUT2D eigenvalue weighted by atomic mass is 9.75. The Balaban J connectivity index is 1.38. The van der Waals surface area contributed by atoms with E-state index >= 15 is 0 Å². The molecule has 0 N–H and O–H groups in total. The van der Waals surface area contributed by atoms with Crippen molar-refractivity contribution in [1.29, 1.82) is 0 Å². The largest absolute Gasteiger partial charge is 0.462 e. The number of carbonyl (C=O) groups is 1. The standard InChI is InChI=1S/C19H32O3/c1-21-17-10-12-18(13-11-17)22-19(20)16-8-6-15(7-9-16)14-4-2-3-5-14/h14-18H,2-13H2,1H3. The average Bonchev–Trinajstić information content (AvgIpc) is 3.10. The number of ether oxygens (including phenoxy) is 2. The van der Waals surface area contributed by atoms with Crippen LogP contribution in [0, 0.1) is 17.8 Å². The highest BCUT2D eigenvalue weighted by molar-refractivity contribution is 5.72. The Kier molecular flexibility index (Phi) is 5.78. The van der Waals surface area contributed by atoms with Crippen LogP contribution in [0.3, 0.4) is 0 Å². The van der Waals surface area contributed by atoms with Crippen molar-refractivity contribution in [2.24, 2.45) is 17.8 Å². The van der Waals surface area contributed by atoms with Gasteiger partial charge >= 0.3 is 5.97 Å². The van der Waals surface area contributed by atoms with E-state index in [0.717, 1.165) is 50.4 Å². The van der Waals surface area contributed by atoms with Crippen molar-refractivity contribution in [3.63, 3.8) is 0 Å². The predicted octanol–water partition coefficient (Wildman–Crippen LogP) is 4.48. The number of methoxy groups -OCH3 is 1. The third kappa shape index (κ3) is 4.04. The summed E-state index contributed by atoms with van der Waals surface area (Å²) in [5.74, 6) is 2.12. The van der Waals surface area contributed by atoms with Gasteiger partial charge in [-0.15, -0.1) is 0 Å². The first kappa shape index (κ1) is 16.3. The molecule has 3 aliphatic carbocycles. The third-order valence-corrected chi connectivity index (χ3v) is 6.41. The van der Waals surface area contributed by atoms with Gasteiger partial charge in [0.1, 0.15) is 6.10 Å². The van der Waals surface area contributed by atoms with Crippen molar-refractivity contribution < 1.29 is 14.3 Å². The number of rotatable bonds is 4. The zero-order chi connectivity index (χ0) is 15.4. The third-order valence-electron chi connectivity index (χ3n) is 6.41. The predicted molar refractivity (Wildman–Crippen MR) is 86.6 cm³/mol. The molecule has 126 valence electrons. The number of carbonyl (C=O) groups excluding carboxylic acids is 1. The maximum absolute atomic E-state index is 12.4. The minimum absolute atomic E-state index is 0.0886. The van der Waals surface area contributed by atoms with Crippen molar-refractivity contribution in [1.82, 2.24) is 0 Å². The van der Waals surface area contributed by atoms with Crippen LogP contribution in [0.1, 0.15) is 77.0 Å². The van der Waals surface area contributed by atoms with Crippen molar-refractivity contribution in [2.45, 2.75) is 89.3 Å². The molecule has 3 heteroatoms. The minimum Gasteiger partial charge on any atom is -0.462 e. The molecule has 0 aliphatic heterocycles. The Labute approximate surface area is 135 Å². The van der Waals surface area contributed by atoms with Gasteiger partial charge in [0.25, 0.3) is 0 Å². The fourth-order valence-corrected chi connectivity index (χ4v) is 4.90. The summed E-state index contributed by atoms with van der Waals surface area (Å²) in [7, 11) is 1.78. The number of esters is 1. The molecule has 0 saturated heterocycles. The summed E-state index contributed by atoms with van der Waals surface area (Å²) < 4.78 is 11.2. The van der Waals surface area contributed by atoms with Gasteiger partial charge in [-0.25, -0.2) is 0 Å². The average molecular weight is 308 g/mol. The van der Waals surface area contributed by atoms with Gasteiger partial charge in [-0.1, -0.05) is 25.7 Å². The lowest BCUT2D eigenvalue weighted by molar-refractivity contribution is -0.158. The Morgan fingerprint density at radius 2 is 1.27 bits per heavy atom. The van der Waals surface area contributed by atoms with E-state index in [-0.39, 0.29) is 18.0 Å². The van der Waals surface area contributed by atoms with Crippen molar-refractivity contribution in [3.8, 4) is 0 Å². The fraction of sp³-hybridized carbons (Fsp3) is 0.947. The van der Waals surface area contributed by atoms with Gasteiger partial charge in [0.2, 0.25) is 0 Å². The zero-order valence-corrected chi connectivity index (χ0v) is 14.1. The molecule has 3 aliphatic rings. The molecule has 3 rings (SSSR count). The quantitative estimate of drug-likeness (QED) is 0.718. The maximum atomic E-state index is 12.4. The smallest absolute Gasteiger partial charge is 0.309 e. The SMILES string of the molecule is COC1CCC(OC(=O)C2CCC(C3CCCC3)CC2)CC1. The summed E-state index contributed by atoms with van der Waals surface area (Å²) in [6, 6.07) is 0. The molecule has 0 spiro atoms. The van der Waals surface area contributed by atoms with E-state index in [2.05, 4.69) is 0 Å². The molecular formula is C19H32O3. The van der Waals surface area contributed by atoms with Crippen LogP contribution >= 0.6 is 0 Å². The van der Waals surface area contributed by atoms with Gasteiger partial charge in [0.15, 0.2) is 0 Å². The van der Waals surface area contributed by atoms with Crippen molar-refractivity contribution >= 4 is 5.97 Å². The molecule has 3 saturated carbocycles. The van der Waals surface area contributed by atoms with Gasteiger partial charge in [-0.3, -0.25) is 4.79 Å². The van der Waals surface area contributed by atoms with Crippen LogP contribution in [0.25, 0.3) is 0 Å². The van der Waals surface area contributed by atoms with Crippen LogP contribution in [0.4, 0.5) is 0 Å². The van der Waals surface area contributed by atoms with Crippen LogP contribution in [-0.2, 0) is 14.3 Å². The van der Waals surface area contributed by atoms with Crippen LogP contribution in [0.2, 0.25) is 0 Å². The van der Waals surface area contributed by atoms with E-state index in [0.29, 0.717) is 6.10 Å². The van der Waals surface area contributed by atoms with Crippen LogP contribution in [0.15, 0.2) is 0 Å². The molecule has 22 heavy (non-hydrogen) atoms. The zero-order valence-electron chi connectivity index (χ0n) is 14.1. The summed E-state index contributed by atoms with van der Waals surface area (Å²) in [5.41, 5.74) is 0. The topological polar surface area (TPSA) is 35.5 Å². The molecule has 0 heterocycles. The first-order valence-corrected chi connectivity index (χ1v) is 9.49. The second-order valence-electron chi connectivity index (χ2n) is 7.73. The number of hydrogen-bond donors (Lipinski definition) is 0. The van der Waals surface area contributed by atoms with Crippen molar-refractivity contribution in [2.75, 3.05) is 7.11 Å². The van der Waals surface area contributed by atoms with E-state index in [1.54, 1.807) is 7.11 Å². The van der Waals surface area contributed by atoms with E-state index in [1.807, 2.05) is 0 Å². The van der Waals surface area contributed by atoms with Crippen LogP contribution in [-0.4, -0.2) is 25.3 Å². The first-order chi connectivity index (χ1) is 10.8. The van der Waals surface area contributed by atoms with Gasteiger partial charge in [0, 0.05) is 7.11 Å². The Morgan fingerprint density at radius 3 is 1.86 bits per heavy atom. The molecule has 0 amide bonds. The number of hydrogen-bond acceptors (Lipinski definition) is 3. The molecule has 0 unspecified atom stereocenters. The molecule has 0 radical (unpaired) electrons. The second-order valence-corrected chi connectivity index (χ2v) is 7.73. The Morgan fingerprint density at radius 1 is 0.727 bits per heavy atom. The molecule has 0 aromatic heterocycles. The van der Waals surface area contributed by atoms with E-state index in [4.69, 9.17) is 9.47 Å². The van der Waals surface area contributed by atoms with E-state index in [1.165, 1.54) is 38.5 Å². The monoisotopic (exact) mass is 308 g/mol. The molecular weight excluding hydrogens is 276 g/mol. The molecule has 0 bridgehead atoms. The van der Waals surface area contributed by atoms with Gasteiger partial charge in [-0.05, 0) is 63.2 Å². The first-order valence-electron chi connectivity index (χ1n) is 9.49. The summed E-state index contributed by atoms with van der Waals surface area (Å²) in [4.78, 5) is 12.4. The van der Waals surface area contributed by atoms with Gasteiger partial charge in [0.05, 0.1) is 12.0 Å².